The number of thiazole rings is 1. The average molecular weight is 450 g/mol. The van der Waals surface area contributed by atoms with Gasteiger partial charge in [0, 0.05) is 16.6 Å². The smallest absolute Gasteiger partial charge is 0.268 e. The fraction of sp³-hybridized carbons (Fsp3) is 0.320. The van der Waals surface area contributed by atoms with Gasteiger partial charge in [0.05, 0.1) is 16.4 Å². The number of aryl methyl sites for hydroxylation is 2. The molecular weight excluding hydrogens is 422 g/mol. The molecule has 0 fully saturated rings. The number of carbonyl (C=O) groups excluding carboxylic acids is 2. The van der Waals surface area contributed by atoms with E-state index in [0.29, 0.717) is 11.4 Å². The molecule has 2 heterocycles. The Morgan fingerprint density at radius 2 is 2.06 bits per heavy atom. The maximum Gasteiger partial charge on any atom is 0.268 e. The van der Waals surface area contributed by atoms with Crippen LogP contribution in [0, 0.1) is 13.8 Å². The van der Waals surface area contributed by atoms with E-state index in [1.54, 1.807) is 18.3 Å². The molecule has 1 aliphatic rings. The van der Waals surface area contributed by atoms with Gasteiger partial charge in [-0.1, -0.05) is 19.1 Å². The maximum absolute atomic E-state index is 12.9. The largest absolute Gasteiger partial charge is 0.479 e. The number of rotatable bonds is 6. The van der Waals surface area contributed by atoms with Crippen LogP contribution in [0.2, 0.25) is 0 Å². The van der Waals surface area contributed by atoms with Crippen LogP contribution in [0.3, 0.4) is 0 Å². The first-order valence-electron chi connectivity index (χ1n) is 10.8. The zero-order chi connectivity index (χ0) is 22.8. The zero-order valence-electron chi connectivity index (χ0n) is 18.8. The standard InChI is InChI=1S/C25H27N3O3S/c1-5-7-24-27-20(14-32-24)18-10-11-22-21(12-18)28(25(30)17(4)31-22)13-23(29)26-19-9-6-8-15(2)16(19)3/h6,8-12,14,17H,5,7,13H2,1-4H3,(H,26,29). The van der Waals surface area contributed by atoms with E-state index in [9.17, 15) is 9.59 Å². The molecule has 1 aliphatic heterocycles. The van der Waals surface area contributed by atoms with Crippen molar-refractivity contribution in [3.63, 3.8) is 0 Å². The quantitative estimate of drug-likeness (QED) is 0.566. The van der Waals surface area contributed by atoms with Crippen molar-refractivity contribution in [2.45, 2.75) is 46.6 Å². The van der Waals surface area contributed by atoms with Gasteiger partial charge in [0.1, 0.15) is 12.3 Å². The van der Waals surface area contributed by atoms with Gasteiger partial charge in [-0.05, 0) is 69.0 Å². The predicted molar refractivity (Wildman–Crippen MR) is 129 cm³/mol. The van der Waals surface area contributed by atoms with Crippen molar-refractivity contribution in [1.29, 1.82) is 0 Å². The molecule has 3 aromatic rings. The van der Waals surface area contributed by atoms with E-state index in [-0.39, 0.29) is 18.4 Å². The fourth-order valence-electron chi connectivity index (χ4n) is 3.72. The lowest BCUT2D eigenvalue weighted by Gasteiger charge is -2.33. The summed E-state index contributed by atoms with van der Waals surface area (Å²) in [4.78, 5) is 32.0. The van der Waals surface area contributed by atoms with E-state index < -0.39 is 6.10 Å². The first-order valence-corrected chi connectivity index (χ1v) is 11.7. The minimum absolute atomic E-state index is 0.0888. The highest BCUT2D eigenvalue weighted by Crippen LogP contribution is 2.38. The monoisotopic (exact) mass is 449 g/mol. The highest BCUT2D eigenvalue weighted by molar-refractivity contribution is 7.09. The van der Waals surface area contributed by atoms with Crippen LogP contribution in [0.1, 0.15) is 36.4 Å². The zero-order valence-corrected chi connectivity index (χ0v) is 19.6. The predicted octanol–water partition coefficient (Wildman–Crippen LogP) is 5.13. The molecule has 0 bridgehead atoms. The molecule has 2 amide bonds. The van der Waals surface area contributed by atoms with Crippen LogP contribution < -0.4 is 15.0 Å². The van der Waals surface area contributed by atoms with Gasteiger partial charge < -0.3 is 10.1 Å². The number of anilines is 2. The molecular formula is C25H27N3O3S. The first kappa shape index (κ1) is 22.0. The summed E-state index contributed by atoms with van der Waals surface area (Å²) in [6, 6.07) is 11.5. The van der Waals surface area contributed by atoms with Gasteiger partial charge >= 0.3 is 0 Å². The summed E-state index contributed by atoms with van der Waals surface area (Å²) in [6.07, 6.45) is 1.33. The van der Waals surface area contributed by atoms with E-state index in [1.807, 2.05) is 55.6 Å². The molecule has 0 spiro atoms. The van der Waals surface area contributed by atoms with Gasteiger partial charge in [0.15, 0.2) is 6.10 Å². The summed E-state index contributed by atoms with van der Waals surface area (Å²) in [6.45, 7) is 7.71. The van der Waals surface area contributed by atoms with Crippen molar-refractivity contribution in [2.75, 3.05) is 16.8 Å². The molecule has 0 saturated carbocycles. The number of ether oxygens (including phenoxy) is 1. The Labute approximate surface area is 192 Å². The molecule has 32 heavy (non-hydrogen) atoms. The van der Waals surface area contributed by atoms with Crippen LogP contribution in [-0.4, -0.2) is 29.4 Å². The summed E-state index contributed by atoms with van der Waals surface area (Å²) in [5.41, 5.74) is 5.21. The molecule has 1 aromatic heterocycles. The molecule has 4 rings (SSSR count). The number of carbonyl (C=O) groups is 2. The van der Waals surface area contributed by atoms with Gasteiger partial charge in [-0.2, -0.15) is 0 Å². The molecule has 1 unspecified atom stereocenters. The topological polar surface area (TPSA) is 71.5 Å². The maximum atomic E-state index is 12.9. The lowest BCUT2D eigenvalue weighted by molar-refractivity contribution is -0.127. The highest BCUT2D eigenvalue weighted by atomic mass is 32.1. The summed E-state index contributed by atoms with van der Waals surface area (Å²) in [5, 5.41) is 6.06. The molecule has 1 N–H and O–H groups in total. The highest BCUT2D eigenvalue weighted by Gasteiger charge is 2.33. The second-order valence-electron chi connectivity index (χ2n) is 8.04. The summed E-state index contributed by atoms with van der Waals surface area (Å²) in [5.74, 6) is 0.0940. The van der Waals surface area contributed by atoms with Crippen molar-refractivity contribution >= 4 is 34.5 Å². The molecule has 0 saturated heterocycles. The average Bonchev–Trinajstić information content (AvgIpc) is 3.23. The van der Waals surface area contributed by atoms with Gasteiger partial charge in [0.25, 0.3) is 5.91 Å². The number of hydrogen-bond donors (Lipinski definition) is 1. The molecule has 2 aromatic carbocycles. The van der Waals surface area contributed by atoms with Crippen LogP contribution in [0.25, 0.3) is 11.3 Å². The second-order valence-corrected chi connectivity index (χ2v) is 8.98. The normalized spacial score (nSPS) is 15.3. The van der Waals surface area contributed by atoms with E-state index in [4.69, 9.17) is 9.72 Å². The molecule has 1 atom stereocenters. The van der Waals surface area contributed by atoms with E-state index in [1.165, 1.54) is 4.90 Å². The lowest BCUT2D eigenvalue weighted by atomic mass is 10.1. The summed E-state index contributed by atoms with van der Waals surface area (Å²) < 4.78 is 5.80. The number of nitrogens with zero attached hydrogens (tertiary/aromatic N) is 2. The molecule has 166 valence electrons. The Kier molecular flexibility index (Phi) is 6.28. The van der Waals surface area contributed by atoms with Gasteiger partial charge in [-0.3, -0.25) is 14.5 Å². The van der Waals surface area contributed by atoms with Crippen molar-refractivity contribution in [3.05, 3.63) is 57.9 Å². The number of aromatic nitrogens is 1. The molecule has 7 heteroatoms. The number of hydrogen-bond acceptors (Lipinski definition) is 5. The minimum Gasteiger partial charge on any atom is -0.479 e. The van der Waals surface area contributed by atoms with E-state index in [0.717, 1.165) is 45.9 Å². The number of fused-ring (bicyclic) bond motifs is 1. The van der Waals surface area contributed by atoms with Crippen LogP contribution in [-0.2, 0) is 16.0 Å². The Morgan fingerprint density at radius 3 is 2.84 bits per heavy atom. The van der Waals surface area contributed by atoms with Crippen molar-refractivity contribution < 1.29 is 14.3 Å². The van der Waals surface area contributed by atoms with E-state index in [2.05, 4.69) is 12.2 Å². The molecule has 0 aliphatic carbocycles. The first-order chi connectivity index (χ1) is 15.4. The lowest BCUT2D eigenvalue weighted by Crippen LogP contribution is -2.47. The van der Waals surface area contributed by atoms with Crippen LogP contribution in [0.5, 0.6) is 5.75 Å². The SMILES string of the molecule is CCCc1nc(-c2ccc3c(c2)N(CC(=O)Nc2cccc(C)c2C)C(=O)C(C)O3)cs1. The third-order valence-electron chi connectivity index (χ3n) is 5.66. The second kappa shape index (κ2) is 9.12. The van der Waals surface area contributed by atoms with Crippen LogP contribution in [0.4, 0.5) is 11.4 Å². The number of nitrogens with one attached hydrogen (secondary N) is 1. The van der Waals surface area contributed by atoms with Crippen LogP contribution in [0.15, 0.2) is 41.8 Å². The van der Waals surface area contributed by atoms with Gasteiger partial charge in [0.2, 0.25) is 5.91 Å². The summed E-state index contributed by atoms with van der Waals surface area (Å²) >= 11 is 1.64. The Morgan fingerprint density at radius 1 is 1.25 bits per heavy atom. The third-order valence-corrected chi connectivity index (χ3v) is 6.57. The Bertz CT molecular complexity index is 1170. The Balaban J connectivity index is 1.61. The third kappa shape index (κ3) is 4.39. The fourth-order valence-corrected chi connectivity index (χ4v) is 4.63. The molecule has 0 radical (unpaired) electrons. The number of benzene rings is 2. The minimum atomic E-state index is -0.655. The van der Waals surface area contributed by atoms with E-state index >= 15 is 0 Å². The van der Waals surface area contributed by atoms with Crippen LogP contribution >= 0.6 is 11.3 Å². The van der Waals surface area contributed by atoms with Crippen molar-refractivity contribution in [3.8, 4) is 17.0 Å². The van der Waals surface area contributed by atoms with Crippen molar-refractivity contribution in [2.24, 2.45) is 0 Å². The number of amides is 2. The Hall–Kier alpha value is -3.19. The molecule has 6 nitrogen and oxygen atoms in total. The summed E-state index contributed by atoms with van der Waals surface area (Å²) in [7, 11) is 0. The van der Waals surface area contributed by atoms with Gasteiger partial charge in [-0.25, -0.2) is 4.98 Å². The van der Waals surface area contributed by atoms with Gasteiger partial charge in [-0.15, -0.1) is 11.3 Å². The van der Waals surface area contributed by atoms with Crippen molar-refractivity contribution in [1.82, 2.24) is 4.98 Å².